The van der Waals surface area contributed by atoms with E-state index in [2.05, 4.69) is 0 Å². The molecule has 2 amide bonds. The Morgan fingerprint density at radius 1 is 1.07 bits per heavy atom. The number of nitriles is 1. The van der Waals surface area contributed by atoms with Crippen LogP contribution in [0.2, 0.25) is 5.02 Å². The van der Waals surface area contributed by atoms with Crippen LogP contribution in [0.15, 0.2) is 23.1 Å². The fraction of sp³-hybridized carbons (Fsp3) is 0.583. The number of sulfone groups is 1. The average molecular weight is 607 g/mol. The zero-order chi connectivity index (χ0) is 29.6. The van der Waals surface area contributed by atoms with Gasteiger partial charge in [0.15, 0.2) is 9.84 Å². The maximum absolute atomic E-state index is 13.8. The van der Waals surface area contributed by atoms with Gasteiger partial charge in [0.1, 0.15) is 5.41 Å². The third kappa shape index (κ3) is 4.09. The lowest BCUT2D eigenvalue weighted by molar-refractivity contribution is -0.177. The van der Waals surface area contributed by atoms with Crippen LogP contribution >= 0.6 is 11.6 Å². The molecule has 216 valence electrons. The number of hydrogen-bond acceptors (Lipinski definition) is 7. The number of likely N-dealkylation sites (tertiary alicyclic amines) is 1. The topological polar surface area (TPSA) is 162 Å². The fourth-order valence-electron chi connectivity index (χ4n) is 6.42. The van der Waals surface area contributed by atoms with Gasteiger partial charge in [-0.1, -0.05) is 11.6 Å². The first kappa shape index (κ1) is 28.4. The molecular weight excluding hydrogens is 584 g/mol. The number of nitrogens with zero attached hydrogens (tertiary/aromatic N) is 3. The van der Waals surface area contributed by atoms with Crippen molar-refractivity contribution in [3.8, 4) is 6.07 Å². The van der Waals surface area contributed by atoms with Crippen molar-refractivity contribution in [3.05, 3.63) is 23.2 Å². The maximum atomic E-state index is 13.8. The number of aliphatic carboxylic acids is 1. The third-order valence-electron chi connectivity index (χ3n) is 8.63. The molecule has 5 atom stereocenters. The Hall–Kier alpha value is -3.12. The lowest BCUT2D eigenvalue weighted by atomic mass is 9.70. The lowest BCUT2D eigenvalue weighted by Gasteiger charge is -2.42. The minimum atomic E-state index is -4.48. The quantitative estimate of drug-likeness (QED) is 0.445. The van der Waals surface area contributed by atoms with Gasteiger partial charge in [0, 0.05) is 11.6 Å². The van der Waals surface area contributed by atoms with Crippen molar-refractivity contribution in [1.29, 1.82) is 5.26 Å². The van der Waals surface area contributed by atoms with Crippen molar-refractivity contribution >= 4 is 44.9 Å². The SMILES string of the molecule is N#CC1(C(N)=O)CC1[C@]1(C(=O)O)C[C@H](S(=O)(=O)c2ccc(N3CC(F)(F)C3)cc2Cl)C[C@H]1C(=O)N1CC(F)(F)C1. The first-order chi connectivity index (χ1) is 18.4. The van der Waals surface area contributed by atoms with Crippen molar-refractivity contribution in [2.45, 2.75) is 41.3 Å². The average Bonchev–Trinajstić information content (AvgIpc) is 3.44. The molecule has 2 heterocycles. The second-order valence-electron chi connectivity index (χ2n) is 11.1. The number of primary amides is 1. The van der Waals surface area contributed by atoms with Crippen molar-refractivity contribution in [3.63, 3.8) is 0 Å². The number of carboxylic acid groups (broad SMARTS) is 1. The summed E-state index contributed by atoms with van der Waals surface area (Å²) in [6.45, 7) is -3.13. The van der Waals surface area contributed by atoms with Crippen LogP contribution in [-0.4, -0.2) is 79.5 Å². The molecule has 0 spiro atoms. The summed E-state index contributed by atoms with van der Waals surface area (Å²) in [7, 11) is -4.48. The van der Waals surface area contributed by atoms with E-state index in [1.165, 1.54) is 17.0 Å². The number of alkyl halides is 4. The Morgan fingerprint density at radius 3 is 2.12 bits per heavy atom. The Kier molecular flexibility index (Phi) is 6.17. The van der Waals surface area contributed by atoms with Crippen molar-refractivity contribution in [2.75, 3.05) is 31.1 Å². The van der Waals surface area contributed by atoms with E-state index < -0.39 is 111 Å². The Labute approximate surface area is 230 Å². The molecule has 1 aromatic carbocycles. The summed E-state index contributed by atoms with van der Waals surface area (Å²) >= 11 is 6.25. The highest BCUT2D eigenvalue weighted by Crippen LogP contribution is 2.68. The molecule has 16 heteroatoms. The zero-order valence-electron chi connectivity index (χ0n) is 20.6. The van der Waals surface area contributed by atoms with E-state index in [-0.39, 0.29) is 17.1 Å². The van der Waals surface area contributed by atoms with Crippen LogP contribution in [0.3, 0.4) is 0 Å². The molecule has 40 heavy (non-hydrogen) atoms. The van der Waals surface area contributed by atoms with Gasteiger partial charge in [-0.15, -0.1) is 0 Å². The van der Waals surface area contributed by atoms with E-state index in [1.807, 2.05) is 0 Å². The molecule has 2 saturated heterocycles. The summed E-state index contributed by atoms with van der Waals surface area (Å²) in [6.07, 6.45) is -1.64. The summed E-state index contributed by atoms with van der Waals surface area (Å²) in [6, 6.07) is 5.25. The predicted molar refractivity (Wildman–Crippen MR) is 129 cm³/mol. The predicted octanol–water partition coefficient (Wildman–Crippen LogP) is 1.91. The van der Waals surface area contributed by atoms with Crippen molar-refractivity contribution in [2.24, 2.45) is 28.4 Å². The number of hydrogen-bond donors (Lipinski definition) is 2. The number of nitrogens with two attached hydrogens (primary N) is 1. The van der Waals surface area contributed by atoms with E-state index in [1.54, 1.807) is 6.07 Å². The number of amides is 2. The van der Waals surface area contributed by atoms with Gasteiger partial charge in [0.25, 0.3) is 11.8 Å². The standard InChI is InChI=1S/C24H23ClF4N4O6S/c25-15-3-12(32-8-22(26,27)9-32)1-2-16(15)40(38,39)13-4-14(18(34)33-10-23(28,29)11-33)24(5-13,20(36)37)17-6-21(17,7-30)19(31)35/h1-3,13-14,17H,4-6,8-11H2,(H2,31,35)(H,36,37)/t13-,14+,17?,21?,24+/m1/s1. The summed E-state index contributed by atoms with van der Waals surface area (Å²) < 4.78 is 81.2. The molecule has 2 aliphatic carbocycles. The fourth-order valence-corrected chi connectivity index (χ4v) is 8.81. The van der Waals surface area contributed by atoms with Crippen molar-refractivity contribution < 1.29 is 45.5 Å². The van der Waals surface area contributed by atoms with Crippen LogP contribution in [0.1, 0.15) is 19.3 Å². The third-order valence-corrected chi connectivity index (χ3v) is 11.3. The summed E-state index contributed by atoms with van der Waals surface area (Å²) in [5.74, 6) is -12.9. The number of anilines is 1. The molecule has 5 rings (SSSR count). The summed E-state index contributed by atoms with van der Waals surface area (Å²) in [5.41, 5.74) is 1.39. The van der Waals surface area contributed by atoms with E-state index in [9.17, 15) is 50.7 Å². The number of halogens is 5. The number of carboxylic acids is 1. The number of rotatable bonds is 7. The smallest absolute Gasteiger partial charge is 0.310 e. The number of benzene rings is 1. The molecule has 0 radical (unpaired) electrons. The van der Waals surface area contributed by atoms with Crippen LogP contribution in [0, 0.1) is 34.0 Å². The molecule has 0 aromatic heterocycles. The highest BCUT2D eigenvalue weighted by atomic mass is 35.5. The minimum Gasteiger partial charge on any atom is -0.481 e. The second-order valence-corrected chi connectivity index (χ2v) is 13.7. The first-order valence-corrected chi connectivity index (χ1v) is 14.1. The molecule has 4 aliphatic rings. The van der Waals surface area contributed by atoms with Gasteiger partial charge in [-0.2, -0.15) is 5.26 Å². The summed E-state index contributed by atoms with van der Waals surface area (Å²) in [4.78, 5) is 39.9. The van der Waals surface area contributed by atoms with Crippen LogP contribution in [0.4, 0.5) is 23.2 Å². The number of carbonyl (C=O) groups is 3. The van der Waals surface area contributed by atoms with Gasteiger partial charge in [-0.05, 0) is 37.5 Å². The lowest BCUT2D eigenvalue weighted by Crippen LogP contribution is -2.61. The molecule has 2 aliphatic heterocycles. The molecule has 4 fully saturated rings. The molecule has 2 saturated carbocycles. The van der Waals surface area contributed by atoms with Gasteiger partial charge in [-0.3, -0.25) is 14.4 Å². The van der Waals surface area contributed by atoms with Crippen LogP contribution in [0.5, 0.6) is 0 Å². The molecule has 2 unspecified atom stereocenters. The highest BCUT2D eigenvalue weighted by Gasteiger charge is 2.76. The van der Waals surface area contributed by atoms with Crippen LogP contribution in [0.25, 0.3) is 0 Å². The zero-order valence-corrected chi connectivity index (χ0v) is 22.2. The highest BCUT2D eigenvalue weighted by molar-refractivity contribution is 7.92. The van der Waals surface area contributed by atoms with Gasteiger partial charge in [0.2, 0.25) is 11.8 Å². The minimum absolute atomic E-state index is 0.242. The van der Waals surface area contributed by atoms with Crippen LogP contribution in [-0.2, 0) is 24.2 Å². The van der Waals surface area contributed by atoms with Crippen LogP contribution < -0.4 is 10.6 Å². The Balaban J connectivity index is 1.51. The maximum Gasteiger partial charge on any atom is 0.310 e. The van der Waals surface area contributed by atoms with Gasteiger partial charge >= 0.3 is 5.97 Å². The normalized spacial score (nSPS) is 33.9. The monoisotopic (exact) mass is 606 g/mol. The molecule has 3 N–H and O–H groups in total. The number of carbonyl (C=O) groups excluding carboxylic acids is 2. The molecule has 0 bridgehead atoms. The molecule has 1 aromatic rings. The molecular formula is C24H23ClF4N4O6S. The van der Waals surface area contributed by atoms with Gasteiger partial charge in [0.05, 0.1) is 58.7 Å². The molecule has 10 nitrogen and oxygen atoms in total. The largest absolute Gasteiger partial charge is 0.481 e. The first-order valence-electron chi connectivity index (χ1n) is 12.2. The van der Waals surface area contributed by atoms with Crippen molar-refractivity contribution in [1.82, 2.24) is 4.90 Å². The Bertz CT molecular complexity index is 1470. The Morgan fingerprint density at radius 2 is 1.68 bits per heavy atom. The second kappa shape index (κ2) is 8.69. The van der Waals surface area contributed by atoms with E-state index in [0.717, 1.165) is 11.0 Å². The van der Waals surface area contributed by atoms with E-state index in [0.29, 0.717) is 0 Å². The van der Waals surface area contributed by atoms with E-state index in [4.69, 9.17) is 17.3 Å². The van der Waals surface area contributed by atoms with Gasteiger partial charge in [-0.25, -0.2) is 26.0 Å². The van der Waals surface area contributed by atoms with Gasteiger partial charge < -0.3 is 20.6 Å². The summed E-state index contributed by atoms with van der Waals surface area (Å²) in [5, 5.41) is 18.2. The van der Waals surface area contributed by atoms with E-state index >= 15 is 0 Å².